The summed E-state index contributed by atoms with van der Waals surface area (Å²) >= 11 is 0. The Labute approximate surface area is 164 Å². The van der Waals surface area contributed by atoms with E-state index in [9.17, 15) is 13.2 Å². The molecule has 0 aromatic heterocycles. The molecule has 0 saturated carbocycles. The number of hydrogen-bond donors (Lipinski definition) is 2. The monoisotopic (exact) mass is 401 g/mol. The molecule has 6 nitrogen and oxygen atoms in total. The first-order valence-electron chi connectivity index (χ1n) is 9.11. The van der Waals surface area contributed by atoms with Crippen LogP contribution >= 0.6 is 0 Å². The van der Waals surface area contributed by atoms with E-state index in [0.29, 0.717) is 12.3 Å². The highest BCUT2D eigenvalue weighted by Crippen LogP contribution is 2.32. The van der Waals surface area contributed by atoms with Crippen molar-refractivity contribution in [1.29, 1.82) is 0 Å². The second kappa shape index (κ2) is 9.03. The van der Waals surface area contributed by atoms with E-state index in [0.717, 1.165) is 36.0 Å². The van der Waals surface area contributed by atoms with E-state index in [4.69, 9.17) is 9.84 Å². The van der Waals surface area contributed by atoms with Gasteiger partial charge in [-0.05, 0) is 54.0 Å². The van der Waals surface area contributed by atoms with Crippen LogP contribution in [0.25, 0.3) is 6.08 Å². The predicted octanol–water partition coefficient (Wildman–Crippen LogP) is 2.85. The van der Waals surface area contributed by atoms with E-state index in [2.05, 4.69) is 4.72 Å². The maximum absolute atomic E-state index is 12.2. The number of benzene rings is 2. The third-order valence-corrected chi connectivity index (χ3v) is 5.77. The molecule has 28 heavy (non-hydrogen) atoms. The van der Waals surface area contributed by atoms with E-state index >= 15 is 0 Å². The Balaban J connectivity index is 1.58. The summed E-state index contributed by atoms with van der Waals surface area (Å²) in [5.41, 5.74) is 2.93. The zero-order valence-electron chi connectivity index (χ0n) is 15.4. The van der Waals surface area contributed by atoms with Crippen LogP contribution in [0.15, 0.2) is 53.9 Å². The van der Waals surface area contributed by atoms with Crippen molar-refractivity contribution in [2.45, 2.75) is 19.3 Å². The van der Waals surface area contributed by atoms with Gasteiger partial charge in [-0.1, -0.05) is 42.5 Å². The molecule has 0 aliphatic heterocycles. The highest BCUT2D eigenvalue weighted by molar-refractivity contribution is 7.92. The van der Waals surface area contributed by atoms with Crippen LogP contribution in [0.1, 0.15) is 23.1 Å². The largest absolute Gasteiger partial charge is 0.482 e. The van der Waals surface area contributed by atoms with Crippen LogP contribution in [0.5, 0.6) is 5.75 Å². The zero-order chi connectivity index (χ0) is 20.0. The van der Waals surface area contributed by atoms with Crippen LogP contribution in [0, 0.1) is 5.92 Å². The fourth-order valence-electron chi connectivity index (χ4n) is 3.31. The Hall–Kier alpha value is -2.64. The van der Waals surface area contributed by atoms with Gasteiger partial charge >= 0.3 is 5.97 Å². The minimum Gasteiger partial charge on any atom is -0.482 e. The van der Waals surface area contributed by atoms with Crippen molar-refractivity contribution < 1.29 is 23.1 Å². The minimum atomic E-state index is -3.50. The van der Waals surface area contributed by atoms with Crippen LogP contribution < -0.4 is 9.46 Å². The lowest BCUT2D eigenvalue weighted by atomic mass is 9.83. The second-order valence-corrected chi connectivity index (χ2v) is 8.44. The number of fused-ring (bicyclic) bond motifs is 1. The van der Waals surface area contributed by atoms with E-state index in [1.54, 1.807) is 12.1 Å². The highest BCUT2D eigenvalue weighted by atomic mass is 32.2. The molecule has 0 saturated heterocycles. The summed E-state index contributed by atoms with van der Waals surface area (Å²) in [4.78, 5) is 10.7. The zero-order valence-corrected chi connectivity index (χ0v) is 16.2. The van der Waals surface area contributed by atoms with Crippen molar-refractivity contribution in [2.24, 2.45) is 5.92 Å². The van der Waals surface area contributed by atoms with E-state index in [-0.39, 0.29) is 12.5 Å². The fourth-order valence-corrected chi connectivity index (χ4v) is 4.21. The summed E-state index contributed by atoms with van der Waals surface area (Å²) < 4.78 is 32.5. The molecule has 1 aliphatic carbocycles. The summed E-state index contributed by atoms with van der Waals surface area (Å²) in [5, 5.41) is 9.98. The topological polar surface area (TPSA) is 92.7 Å². The molecule has 7 heteroatoms. The van der Waals surface area contributed by atoms with Crippen LogP contribution in [0.3, 0.4) is 0 Å². The lowest BCUT2D eigenvalue weighted by Gasteiger charge is -2.26. The summed E-state index contributed by atoms with van der Waals surface area (Å²) in [6, 6.07) is 14.9. The SMILES string of the molecule is O=C(O)COc1cccc2c1CC[C@@H](CNS(=O)(=O)C=Cc1ccccc1)C2. The third kappa shape index (κ3) is 5.68. The van der Waals surface area contributed by atoms with Gasteiger partial charge < -0.3 is 9.84 Å². The number of hydrogen-bond acceptors (Lipinski definition) is 4. The molecule has 2 aromatic carbocycles. The van der Waals surface area contributed by atoms with Gasteiger partial charge in [-0.15, -0.1) is 0 Å². The van der Waals surface area contributed by atoms with Gasteiger partial charge in [0.25, 0.3) is 0 Å². The molecule has 0 radical (unpaired) electrons. The van der Waals surface area contributed by atoms with Gasteiger partial charge in [0.2, 0.25) is 10.0 Å². The molecule has 1 aliphatic rings. The molecule has 0 spiro atoms. The summed E-state index contributed by atoms with van der Waals surface area (Å²) in [6.07, 6.45) is 3.85. The molecule has 1 atom stereocenters. The Morgan fingerprint density at radius 2 is 1.96 bits per heavy atom. The molecule has 2 N–H and O–H groups in total. The van der Waals surface area contributed by atoms with Gasteiger partial charge in [0.1, 0.15) is 5.75 Å². The van der Waals surface area contributed by atoms with Gasteiger partial charge in [-0.25, -0.2) is 17.9 Å². The van der Waals surface area contributed by atoms with Crippen LogP contribution in [-0.4, -0.2) is 32.6 Å². The first kappa shape index (κ1) is 20.1. The van der Waals surface area contributed by atoms with E-state index < -0.39 is 16.0 Å². The lowest BCUT2D eigenvalue weighted by molar-refractivity contribution is -0.139. The van der Waals surface area contributed by atoms with Crippen molar-refractivity contribution in [2.75, 3.05) is 13.2 Å². The number of carboxylic acid groups (broad SMARTS) is 1. The van der Waals surface area contributed by atoms with Gasteiger partial charge in [0, 0.05) is 12.0 Å². The third-order valence-electron chi connectivity index (χ3n) is 4.70. The normalized spacial score (nSPS) is 16.6. The number of sulfonamides is 1. The lowest BCUT2D eigenvalue weighted by Crippen LogP contribution is -2.31. The second-order valence-electron chi connectivity index (χ2n) is 6.79. The summed E-state index contributed by atoms with van der Waals surface area (Å²) in [5.74, 6) is -0.226. The van der Waals surface area contributed by atoms with Crippen LogP contribution in [-0.2, 0) is 27.7 Å². The van der Waals surface area contributed by atoms with Crippen molar-refractivity contribution in [3.8, 4) is 5.75 Å². The van der Waals surface area contributed by atoms with Gasteiger partial charge in [0.15, 0.2) is 6.61 Å². The Morgan fingerprint density at radius 1 is 1.18 bits per heavy atom. The van der Waals surface area contributed by atoms with Crippen LogP contribution in [0.4, 0.5) is 0 Å². The maximum Gasteiger partial charge on any atom is 0.341 e. The summed E-state index contributed by atoms with van der Waals surface area (Å²) in [6.45, 7) is -0.00541. The van der Waals surface area contributed by atoms with Crippen molar-refractivity contribution in [1.82, 2.24) is 4.72 Å². The quantitative estimate of drug-likeness (QED) is 0.710. The van der Waals surface area contributed by atoms with E-state index in [1.165, 1.54) is 5.41 Å². The van der Waals surface area contributed by atoms with Crippen molar-refractivity contribution in [3.63, 3.8) is 0 Å². The molecule has 0 amide bonds. The summed E-state index contributed by atoms with van der Waals surface area (Å²) in [7, 11) is -3.50. The minimum absolute atomic E-state index is 0.183. The standard InChI is InChI=1S/C21H23NO5S/c23-21(24)15-27-20-8-4-7-18-13-17(9-10-19(18)20)14-22-28(25,26)12-11-16-5-2-1-3-6-16/h1-8,11-12,17,22H,9-10,13-15H2,(H,23,24)/t17-/m1/s1. The number of ether oxygens (including phenoxy) is 1. The number of carboxylic acids is 1. The van der Waals surface area contributed by atoms with Gasteiger partial charge in [0.05, 0.1) is 0 Å². The molecular formula is C21H23NO5S. The molecule has 0 unspecified atom stereocenters. The Morgan fingerprint density at radius 3 is 2.71 bits per heavy atom. The average Bonchev–Trinajstić information content (AvgIpc) is 2.70. The molecule has 148 valence electrons. The number of rotatable bonds is 8. The molecule has 0 bridgehead atoms. The smallest absolute Gasteiger partial charge is 0.341 e. The molecule has 3 rings (SSSR count). The van der Waals surface area contributed by atoms with Crippen LogP contribution in [0.2, 0.25) is 0 Å². The molecule has 0 fully saturated rings. The first-order valence-corrected chi connectivity index (χ1v) is 10.7. The van der Waals surface area contributed by atoms with Gasteiger partial charge in [-0.3, -0.25) is 0 Å². The molecule has 2 aromatic rings. The first-order chi connectivity index (χ1) is 13.4. The van der Waals surface area contributed by atoms with E-state index in [1.807, 2.05) is 42.5 Å². The number of aliphatic carboxylic acids is 1. The predicted molar refractivity (Wildman–Crippen MR) is 107 cm³/mol. The Bertz CT molecular complexity index is 954. The van der Waals surface area contributed by atoms with Gasteiger partial charge in [-0.2, -0.15) is 0 Å². The highest BCUT2D eigenvalue weighted by Gasteiger charge is 2.22. The Kier molecular flexibility index (Phi) is 6.49. The average molecular weight is 401 g/mol. The molecule has 0 heterocycles. The van der Waals surface area contributed by atoms with Crippen molar-refractivity contribution in [3.05, 3.63) is 70.6 Å². The molecular weight excluding hydrogens is 378 g/mol. The maximum atomic E-state index is 12.2. The fraction of sp³-hybridized carbons (Fsp3) is 0.286. The van der Waals surface area contributed by atoms with Crippen molar-refractivity contribution >= 4 is 22.1 Å². The number of nitrogens with one attached hydrogen (secondary N) is 1. The number of carbonyl (C=O) groups is 1.